The minimum Gasteiger partial charge on any atom is -0.480 e. The van der Waals surface area contributed by atoms with Gasteiger partial charge in [-0.2, -0.15) is 0 Å². The van der Waals surface area contributed by atoms with Crippen molar-refractivity contribution in [2.45, 2.75) is 19.6 Å². The van der Waals surface area contributed by atoms with Crippen molar-refractivity contribution in [3.8, 4) is 5.75 Å². The molecule has 0 bridgehead atoms. The van der Waals surface area contributed by atoms with Crippen molar-refractivity contribution < 1.29 is 13.9 Å². The smallest absolute Gasteiger partial charge is 0.263 e. The lowest BCUT2D eigenvalue weighted by Crippen LogP contribution is -2.37. The van der Waals surface area contributed by atoms with Gasteiger partial charge in [-0.1, -0.05) is 6.07 Å². The van der Waals surface area contributed by atoms with E-state index in [1.54, 1.807) is 25.1 Å². The molecule has 22 heavy (non-hydrogen) atoms. The fraction of sp³-hybridized carbons (Fsp3) is 0.250. The Labute approximate surface area is 137 Å². The summed E-state index contributed by atoms with van der Waals surface area (Å²) in [4.78, 5) is 18.0. The number of benzene rings is 1. The molecule has 0 saturated carbocycles. The third kappa shape index (κ3) is 4.27. The Balaban J connectivity index is 1.99. The molecule has 1 aromatic heterocycles. The fourth-order valence-corrected chi connectivity index (χ4v) is 2.38. The summed E-state index contributed by atoms with van der Waals surface area (Å²) in [5, 5.41) is 0. The van der Waals surface area contributed by atoms with Crippen LogP contribution in [0.3, 0.4) is 0 Å². The van der Waals surface area contributed by atoms with E-state index in [9.17, 15) is 9.18 Å². The largest absolute Gasteiger partial charge is 0.480 e. The van der Waals surface area contributed by atoms with Crippen LogP contribution in [0.25, 0.3) is 0 Å². The van der Waals surface area contributed by atoms with Crippen molar-refractivity contribution >= 4 is 21.8 Å². The molecule has 0 N–H and O–H groups in total. The maximum atomic E-state index is 13.0. The average Bonchev–Trinajstić information content (AvgIpc) is 2.50. The molecule has 0 aliphatic carbocycles. The highest BCUT2D eigenvalue weighted by atomic mass is 79.9. The number of carbonyl (C=O) groups excluding carboxylic acids is 1. The first-order chi connectivity index (χ1) is 10.5. The zero-order chi connectivity index (χ0) is 16.1. The predicted octanol–water partition coefficient (Wildman–Crippen LogP) is 3.41. The molecule has 1 heterocycles. The topological polar surface area (TPSA) is 42.4 Å². The molecule has 2 rings (SSSR count). The lowest BCUT2D eigenvalue weighted by Gasteiger charge is -2.22. The average molecular weight is 367 g/mol. The van der Waals surface area contributed by atoms with Crippen molar-refractivity contribution in [1.82, 2.24) is 9.88 Å². The molecule has 0 radical (unpaired) electrons. The number of ether oxygens (including phenoxy) is 1. The van der Waals surface area contributed by atoms with Crippen LogP contribution in [0, 0.1) is 5.82 Å². The zero-order valence-corrected chi connectivity index (χ0v) is 13.9. The number of rotatable bonds is 5. The third-order valence-corrected chi connectivity index (χ3v) is 3.67. The van der Waals surface area contributed by atoms with Crippen molar-refractivity contribution in [3.63, 3.8) is 0 Å². The van der Waals surface area contributed by atoms with Crippen LogP contribution < -0.4 is 4.74 Å². The van der Waals surface area contributed by atoms with Crippen molar-refractivity contribution in [2.24, 2.45) is 0 Å². The lowest BCUT2D eigenvalue weighted by molar-refractivity contribution is -0.137. The first-order valence-corrected chi connectivity index (χ1v) is 7.53. The molecular weight excluding hydrogens is 351 g/mol. The summed E-state index contributed by atoms with van der Waals surface area (Å²) >= 11 is 3.22. The van der Waals surface area contributed by atoms with Crippen LogP contribution in [0.5, 0.6) is 5.75 Å². The molecule has 0 fully saturated rings. The lowest BCUT2D eigenvalue weighted by atomic mass is 10.3. The SMILES string of the molecule is CC(Oc1ccc(F)cc1Br)C(=O)N(C)Cc1ccccn1. The summed E-state index contributed by atoms with van der Waals surface area (Å²) in [7, 11) is 1.69. The van der Waals surface area contributed by atoms with Crippen LogP contribution in [0.2, 0.25) is 0 Å². The maximum absolute atomic E-state index is 13.0. The van der Waals surface area contributed by atoms with Gasteiger partial charge in [-0.3, -0.25) is 9.78 Å². The fourth-order valence-electron chi connectivity index (χ4n) is 1.93. The molecule has 0 aliphatic rings. The highest BCUT2D eigenvalue weighted by Crippen LogP contribution is 2.26. The monoisotopic (exact) mass is 366 g/mol. The summed E-state index contributed by atoms with van der Waals surface area (Å²) in [6, 6.07) is 9.62. The molecule has 0 spiro atoms. The molecule has 0 saturated heterocycles. The maximum Gasteiger partial charge on any atom is 0.263 e. The van der Waals surface area contributed by atoms with Crippen LogP contribution in [-0.4, -0.2) is 28.9 Å². The molecule has 1 unspecified atom stereocenters. The molecule has 1 amide bonds. The summed E-state index contributed by atoms with van der Waals surface area (Å²) < 4.78 is 19.1. The van der Waals surface area contributed by atoms with Crippen molar-refractivity contribution in [1.29, 1.82) is 0 Å². The van der Waals surface area contributed by atoms with E-state index in [2.05, 4.69) is 20.9 Å². The summed E-state index contributed by atoms with van der Waals surface area (Å²) in [5.74, 6) is -0.124. The summed E-state index contributed by atoms with van der Waals surface area (Å²) in [6.45, 7) is 2.06. The van der Waals surface area contributed by atoms with Gasteiger partial charge < -0.3 is 9.64 Å². The number of hydrogen-bond donors (Lipinski definition) is 0. The molecule has 116 valence electrons. The second kappa shape index (κ2) is 7.35. The van der Waals surface area contributed by atoms with E-state index in [-0.39, 0.29) is 11.7 Å². The van der Waals surface area contributed by atoms with Gasteiger partial charge in [0, 0.05) is 13.2 Å². The van der Waals surface area contributed by atoms with Crippen LogP contribution in [-0.2, 0) is 11.3 Å². The quantitative estimate of drug-likeness (QED) is 0.814. The molecule has 0 aliphatic heterocycles. The highest BCUT2D eigenvalue weighted by molar-refractivity contribution is 9.10. The van der Waals surface area contributed by atoms with E-state index in [1.807, 2.05) is 18.2 Å². The second-order valence-electron chi connectivity index (χ2n) is 4.85. The Bertz CT molecular complexity index is 652. The highest BCUT2D eigenvalue weighted by Gasteiger charge is 2.20. The Kier molecular flexibility index (Phi) is 5.49. The first-order valence-electron chi connectivity index (χ1n) is 6.74. The van der Waals surface area contributed by atoms with Gasteiger partial charge in [0.25, 0.3) is 5.91 Å². The Morgan fingerprint density at radius 1 is 1.41 bits per heavy atom. The number of pyridine rings is 1. The van der Waals surface area contributed by atoms with Crippen LogP contribution in [0.4, 0.5) is 4.39 Å². The summed E-state index contributed by atoms with van der Waals surface area (Å²) in [5.41, 5.74) is 0.800. The van der Waals surface area contributed by atoms with E-state index >= 15 is 0 Å². The van der Waals surface area contributed by atoms with Gasteiger partial charge in [0.2, 0.25) is 0 Å². The second-order valence-corrected chi connectivity index (χ2v) is 5.70. The minimum absolute atomic E-state index is 0.179. The van der Waals surface area contributed by atoms with E-state index < -0.39 is 6.10 Å². The Morgan fingerprint density at radius 2 is 2.18 bits per heavy atom. The van der Waals surface area contributed by atoms with E-state index in [4.69, 9.17) is 4.74 Å². The molecule has 4 nitrogen and oxygen atoms in total. The standard InChI is InChI=1S/C16H16BrFN2O2/c1-11(22-15-7-6-12(18)9-14(15)17)16(21)20(2)10-13-5-3-4-8-19-13/h3-9,11H,10H2,1-2H3. The van der Waals surface area contributed by atoms with Gasteiger partial charge in [0.1, 0.15) is 11.6 Å². The molecule has 1 atom stereocenters. The van der Waals surface area contributed by atoms with Gasteiger partial charge in [0.05, 0.1) is 16.7 Å². The number of aromatic nitrogens is 1. The van der Waals surface area contributed by atoms with Gasteiger partial charge in [-0.05, 0) is 53.2 Å². The number of carbonyl (C=O) groups is 1. The van der Waals surface area contributed by atoms with E-state index in [0.717, 1.165) is 5.69 Å². The number of hydrogen-bond acceptors (Lipinski definition) is 3. The minimum atomic E-state index is -0.685. The van der Waals surface area contributed by atoms with E-state index in [0.29, 0.717) is 16.8 Å². The Hall–Kier alpha value is -1.95. The van der Waals surface area contributed by atoms with Gasteiger partial charge in [-0.15, -0.1) is 0 Å². The van der Waals surface area contributed by atoms with Crippen molar-refractivity contribution in [3.05, 3.63) is 58.6 Å². The molecule has 6 heteroatoms. The van der Waals surface area contributed by atoms with Crippen LogP contribution >= 0.6 is 15.9 Å². The van der Waals surface area contributed by atoms with Crippen LogP contribution in [0.15, 0.2) is 47.1 Å². The normalized spacial score (nSPS) is 11.8. The zero-order valence-electron chi connectivity index (χ0n) is 12.3. The third-order valence-electron chi connectivity index (χ3n) is 3.05. The number of amides is 1. The van der Waals surface area contributed by atoms with Crippen LogP contribution in [0.1, 0.15) is 12.6 Å². The first kappa shape index (κ1) is 16.4. The van der Waals surface area contributed by atoms with E-state index in [1.165, 1.54) is 18.2 Å². The van der Waals surface area contributed by atoms with Gasteiger partial charge in [0.15, 0.2) is 6.10 Å². The Morgan fingerprint density at radius 3 is 2.82 bits per heavy atom. The predicted molar refractivity (Wildman–Crippen MR) is 84.9 cm³/mol. The van der Waals surface area contributed by atoms with Gasteiger partial charge >= 0.3 is 0 Å². The molecule has 1 aromatic carbocycles. The number of nitrogens with zero attached hydrogens (tertiary/aromatic N) is 2. The number of halogens is 2. The number of likely N-dealkylation sites (N-methyl/N-ethyl adjacent to an activating group) is 1. The van der Waals surface area contributed by atoms with Crippen molar-refractivity contribution in [2.75, 3.05) is 7.05 Å². The molecular formula is C16H16BrFN2O2. The molecule has 2 aromatic rings. The summed E-state index contributed by atoms with van der Waals surface area (Å²) in [6.07, 6.45) is 0.999. The van der Waals surface area contributed by atoms with Gasteiger partial charge in [-0.25, -0.2) is 4.39 Å².